The normalized spacial score (nSPS) is 24.8. The molecule has 0 aromatic heterocycles. The van der Waals surface area contributed by atoms with E-state index in [0.717, 1.165) is 0 Å². The van der Waals surface area contributed by atoms with Crippen LogP contribution in [0.1, 0.15) is 44.2 Å². The van der Waals surface area contributed by atoms with Gasteiger partial charge in [-0.1, -0.05) is 44.2 Å². The first-order valence-corrected chi connectivity index (χ1v) is 11.6. The third-order valence-corrected chi connectivity index (χ3v) is 6.78. The highest BCUT2D eigenvalue weighted by molar-refractivity contribution is 6.24. The molecule has 0 saturated carbocycles. The molecule has 4 rings (SSSR count). The predicted molar refractivity (Wildman–Crippen MR) is 126 cm³/mol. The lowest BCUT2D eigenvalue weighted by Crippen LogP contribution is -2.47. The molecule has 0 aliphatic carbocycles. The molecule has 0 bridgehead atoms. The lowest BCUT2D eigenvalue weighted by Gasteiger charge is -2.31. The molecule has 0 radical (unpaired) electrons. The van der Waals surface area contributed by atoms with Crippen LogP contribution in [0.3, 0.4) is 0 Å². The van der Waals surface area contributed by atoms with E-state index in [2.05, 4.69) is 0 Å². The maximum absolute atomic E-state index is 14.0. The van der Waals surface area contributed by atoms with Gasteiger partial charge in [0.2, 0.25) is 5.91 Å². The van der Waals surface area contributed by atoms with Crippen LogP contribution in [0, 0.1) is 17.2 Å². The molecule has 2 aliphatic rings. The standard InChI is InChI=1S/C27H28FNO6/c1-16(2)27(26(33)34)23(17-6-4-3-5-7-17)24(18-8-10-19(28)11-9-18)29(25(27)32)13-12-21-14-20(30)15-22(31)35-21/h3-11,16,20-21,30H,12-15H2,1-2H3,(H,33,34)/t20-,21-,27?/m1/s1. The molecule has 3 atom stereocenters. The molecule has 2 aromatic carbocycles. The molecule has 0 spiro atoms. The highest BCUT2D eigenvalue weighted by Gasteiger charge is 2.60. The third-order valence-electron chi connectivity index (χ3n) is 6.78. The first-order valence-electron chi connectivity index (χ1n) is 11.6. The Morgan fingerprint density at radius 1 is 1.11 bits per heavy atom. The van der Waals surface area contributed by atoms with Crippen LogP contribution >= 0.6 is 0 Å². The number of aliphatic hydroxyl groups is 1. The third kappa shape index (κ3) is 4.34. The number of cyclic esters (lactones) is 1. The minimum Gasteiger partial charge on any atom is -0.480 e. The topological polar surface area (TPSA) is 104 Å². The van der Waals surface area contributed by atoms with Crippen LogP contribution in [0.5, 0.6) is 0 Å². The summed E-state index contributed by atoms with van der Waals surface area (Å²) in [6, 6.07) is 14.4. The minimum atomic E-state index is -1.87. The molecular formula is C27H28FNO6. The molecule has 7 nitrogen and oxygen atoms in total. The van der Waals surface area contributed by atoms with Gasteiger partial charge in [0.25, 0.3) is 0 Å². The SMILES string of the molecule is CC(C)C1(C(=O)O)C(=O)N(CC[C@@H]2C[C@@H](O)CC(=O)O2)C(c2ccc(F)cc2)=C1c1ccccc1. The van der Waals surface area contributed by atoms with Crippen molar-refractivity contribution in [2.75, 3.05) is 6.54 Å². The summed E-state index contributed by atoms with van der Waals surface area (Å²) in [5, 5.41) is 20.5. The average molecular weight is 482 g/mol. The Morgan fingerprint density at radius 2 is 1.77 bits per heavy atom. The number of carbonyl (C=O) groups is 3. The van der Waals surface area contributed by atoms with Crippen molar-refractivity contribution in [3.05, 3.63) is 71.5 Å². The lowest BCUT2D eigenvalue weighted by atomic mass is 9.69. The van der Waals surface area contributed by atoms with Crippen LogP contribution in [-0.2, 0) is 19.1 Å². The van der Waals surface area contributed by atoms with E-state index in [9.17, 15) is 29.0 Å². The number of benzene rings is 2. The quantitative estimate of drug-likeness (QED) is 0.462. The predicted octanol–water partition coefficient (Wildman–Crippen LogP) is 3.72. The molecular weight excluding hydrogens is 453 g/mol. The second kappa shape index (κ2) is 9.62. The van der Waals surface area contributed by atoms with Crippen LogP contribution < -0.4 is 0 Å². The summed E-state index contributed by atoms with van der Waals surface area (Å²) in [4.78, 5) is 40.1. The number of amides is 1. The molecule has 2 aromatic rings. The number of aliphatic carboxylic acids is 1. The molecule has 2 heterocycles. The van der Waals surface area contributed by atoms with Gasteiger partial charge in [-0.15, -0.1) is 0 Å². The maximum Gasteiger partial charge on any atom is 0.324 e. The number of hydrogen-bond acceptors (Lipinski definition) is 5. The van der Waals surface area contributed by atoms with Gasteiger partial charge in [0.1, 0.15) is 11.9 Å². The molecule has 2 N–H and O–H groups in total. The average Bonchev–Trinajstić information content (AvgIpc) is 3.07. The number of rotatable bonds is 7. The van der Waals surface area contributed by atoms with Crippen LogP contribution in [0.4, 0.5) is 4.39 Å². The van der Waals surface area contributed by atoms with Crippen molar-refractivity contribution < 1.29 is 33.7 Å². The summed E-state index contributed by atoms with van der Waals surface area (Å²) in [5.74, 6) is -3.43. The molecule has 1 amide bonds. The Kier molecular flexibility index (Phi) is 6.76. The summed E-state index contributed by atoms with van der Waals surface area (Å²) in [6.07, 6.45) is -1.05. The van der Waals surface area contributed by atoms with Crippen LogP contribution in [-0.4, -0.2) is 51.7 Å². The second-order valence-electron chi connectivity index (χ2n) is 9.32. The van der Waals surface area contributed by atoms with Crippen LogP contribution in [0.2, 0.25) is 0 Å². The van der Waals surface area contributed by atoms with Gasteiger partial charge in [0.05, 0.1) is 18.2 Å². The highest BCUT2D eigenvalue weighted by Crippen LogP contribution is 2.54. The van der Waals surface area contributed by atoms with Gasteiger partial charge in [-0.2, -0.15) is 0 Å². The Bertz CT molecular complexity index is 1160. The molecule has 8 heteroatoms. The maximum atomic E-state index is 14.0. The summed E-state index contributed by atoms with van der Waals surface area (Å²) in [5.41, 5.74) is -0.0485. The van der Waals surface area contributed by atoms with Gasteiger partial charge in [0, 0.05) is 25.0 Å². The van der Waals surface area contributed by atoms with E-state index in [1.54, 1.807) is 44.2 Å². The largest absolute Gasteiger partial charge is 0.480 e. The zero-order chi connectivity index (χ0) is 25.3. The molecule has 35 heavy (non-hydrogen) atoms. The van der Waals surface area contributed by atoms with E-state index < -0.39 is 47.2 Å². The first kappa shape index (κ1) is 24.6. The number of carbonyl (C=O) groups excluding carboxylic acids is 2. The van der Waals surface area contributed by atoms with Crippen molar-refractivity contribution in [3.63, 3.8) is 0 Å². The van der Waals surface area contributed by atoms with Gasteiger partial charge < -0.3 is 19.8 Å². The number of carboxylic acid groups (broad SMARTS) is 1. The van der Waals surface area contributed by atoms with Crippen LogP contribution in [0.15, 0.2) is 54.6 Å². The van der Waals surface area contributed by atoms with E-state index in [0.29, 0.717) is 22.4 Å². The van der Waals surface area contributed by atoms with Gasteiger partial charge in [-0.3, -0.25) is 14.4 Å². The van der Waals surface area contributed by atoms with Crippen molar-refractivity contribution in [1.82, 2.24) is 4.90 Å². The van der Waals surface area contributed by atoms with Crippen molar-refractivity contribution in [3.8, 4) is 0 Å². The number of nitrogens with zero attached hydrogens (tertiary/aromatic N) is 1. The minimum absolute atomic E-state index is 0.0638. The van der Waals surface area contributed by atoms with E-state index in [4.69, 9.17) is 4.74 Å². The van der Waals surface area contributed by atoms with E-state index in [1.807, 2.05) is 0 Å². The number of hydrogen-bond donors (Lipinski definition) is 2. The molecule has 1 unspecified atom stereocenters. The monoisotopic (exact) mass is 481 g/mol. The van der Waals surface area contributed by atoms with Crippen LogP contribution in [0.25, 0.3) is 11.3 Å². The van der Waals surface area contributed by atoms with E-state index >= 15 is 0 Å². The van der Waals surface area contributed by atoms with Gasteiger partial charge >= 0.3 is 11.9 Å². The summed E-state index contributed by atoms with van der Waals surface area (Å²) >= 11 is 0. The fourth-order valence-corrected chi connectivity index (χ4v) is 5.13. The number of aliphatic hydroxyl groups excluding tert-OH is 1. The van der Waals surface area contributed by atoms with Gasteiger partial charge in [-0.25, -0.2) is 4.39 Å². The highest BCUT2D eigenvalue weighted by atomic mass is 19.1. The number of ether oxygens (including phenoxy) is 1. The Morgan fingerprint density at radius 3 is 2.34 bits per heavy atom. The Labute approximate surface area is 202 Å². The van der Waals surface area contributed by atoms with Gasteiger partial charge in [-0.05, 0) is 41.3 Å². The van der Waals surface area contributed by atoms with Gasteiger partial charge in [0.15, 0.2) is 5.41 Å². The molecule has 2 aliphatic heterocycles. The number of carboxylic acids is 1. The first-order chi connectivity index (χ1) is 16.7. The van der Waals surface area contributed by atoms with Crippen molar-refractivity contribution in [2.45, 2.75) is 45.3 Å². The summed E-state index contributed by atoms with van der Waals surface area (Å²) < 4.78 is 19.1. The van der Waals surface area contributed by atoms with Crippen molar-refractivity contribution in [1.29, 1.82) is 0 Å². The second-order valence-corrected chi connectivity index (χ2v) is 9.32. The lowest BCUT2D eigenvalue weighted by molar-refractivity contribution is -0.160. The van der Waals surface area contributed by atoms with Crippen molar-refractivity contribution >= 4 is 29.1 Å². The summed E-state index contributed by atoms with van der Waals surface area (Å²) in [6.45, 7) is 3.45. The number of esters is 1. The van der Waals surface area contributed by atoms with E-state index in [-0.39, 0.29) is 25.8 Å². The smallest absolute Gasteiger partial charge is 0.324 e. The summed E-state index contributed by atoms with van der Waals surface area (Å²) in [7, 11) is 0. The zero-order valence-electron chi connectivity index (χ0n) is 19.6. The fourth-order valence-electron chi connectivity index (χ4n) is 5.13. The molecule has 184 valence electrons. The molecule has 1 saturated heterocycles. The van der Waals surface area contributed by atoms with Crippen molar-refractivity contribution in [2.24, 2.45) is 11.3 Å². The Hall–Kier alpha value is -3.52. The number of halogens is 1. The molecule has 1 fully saturated rings. The van der Waals surface area contributed by atoms with E-state index in [1.165, 1.54) is 29.2 Å². The fraction of sp³-hybridized carbons (Fsp3) is 0.370. The zero-order valence-corrected chi connectivity index (χ0v) is 19.6. The Balaban J connectivity index is 1.88.